The van der Waals surface area contributed by atoms with Crippen molar-refractivity contribution in [2.75, 3.05) is 12.4 Å². The standard InChI is InChI=1S/C14H16FN3O2S/c1-10(11-5-3-6-12(15)9-11)18-21(19,20)13-7-4-8-17-14(13)16-2/h3-10,18H,1-2H3,(H,16,17). The SMILES string of the molecule is CNc1ncccc1S(=O)(=O)NC(C)c1cccc(F)c1. The molecule has 0 saturated heterocycles. The molecule has 0 aliphatic rings. The summed E-state index contributed by atoms with van der Waals surface area (Å²) in [5.74, 6) is -0.146. The summed E-state index contributed by atoms with van der Waals surface area (Å²) in [6.07, 6.45) is 1.50. The van der Waals surface area contributed by atoms with Gasteiger partial charge in [0.15, 0.2) is 0 Å². The van der Waals surface area contributed by atoms with Crippen LogP contribution >= 0.6 is 0 Å². The predicted octanol–water partition coefficient (Wildman–Crippen LogP) is 2.30. The van der Waals surface area contributed by atoms with Crippen LogP contribution in [0, 0.1) is 5.82 Å². The predicted molar refractivity (Wildman–Crippen MR) is 78.9 cm³/mol. The second-order valence-corrected chi connectivity index (χ2v) is 6.18. The van der Waals surface area contributed by atoms with Crippen molar-refractivity contribution in [2.24, 2.45) is 0 Å². The lowest BCUT2D eigenvalue weighted by atomic mass is 10.1. The Bertz CT molecular complexity index is 735. The topological polar surface area (TPSA) is 71.1 Å². The van der Waals surface area contributed by atoms with Gasteiger partial charge in [-0.15, -0.1) is 0 Å². The molecule has 0 aliphatic heterocycles. The molecule has 0 radical (unpaired) electrons. The van der Waals surface area contributed by atoms with Crippen molar-refractivity contribution in [3.8, 4) is 0 Å². The van der Waals surface area contributed by atoms with E-state index < -0.39 is 21.9 Å². The van der Waals surface area contributed by atoms with Crippen LogP contribution in [0.3, 0.4) is 0 Å². The van der Waals surface area contributed by atoms with Gasteiger partial charge in [0.25, 0.3) is 0 Å². The Balaban J connectivity index is 2.29. The van der Waals surface area contributed by atoms with Crippen molar-refractivity contribution in [1.82, 2.24) is 9.71 Å². The second kappa shape index (κ2) is 6.19. The van der Waals surface area contributed by atoms with Gasteiger partial charge in [-0.25, -0.2) is 22.5 Å². The lowest BCUT2D eigenvalue weighted by Crippen LogP contribution is -2.27. The molecule has 2 N–H and O–H groups in total. The normalized spacial score (nSPS) is 12.9. The second-order valence-electron chi connectivity index (χ2n) is 4.50. The van der Waals surface area contributed by atoms with E-state index in [0.717, 1.165) is 0 Å². The van der Waals surface area contributed by atoms with Gasteiger partial charge < -0.3 is 5.32 Å². The van der Waals surface area contributed by atoms with Crippen LogP contribution < -0.4 is 10.0 Å². The summed E-state index contributed by atoms with van der Waals surface area (Å²) in [7, 11) is -2.17. The highest BCUT2D eigenvalue weighted by atomic mass is 32.2. The van der Waals surface area contributed by atoms with Crippen molar-refractivity contribution >= 4 is 15.8 Å². The number of anilines is 1. The summed E-state index contributed by atoms with van der Waals surface area (Å²) in [6.45, 7) is 1.65. The Labute approximate surface area is 123 Å². The Morgan fingerprint density at radius 3 is 2.67 bits per heavy atom. The zero-order chi connectivity index (χ0) is 15.5. The van der Waals surface area contributed by atoms with E-state index in [-0.39, 0.29) is 10.7 Å². The Morgan fingerprint density at radius 2 is 2.00 bits per heavy atom. The number of halogens is 1. The number of pyridine rings is 1. The van der Waals surface area contributed by atoms with Crippen LogP contribution in [-0.2, 0) is 10.0 Å². The summed E-state index contributed by atoms with van der Waals surface area (Å²) in [6, 6.07) is 8.26. The van der Waals surface area contributed by atoms with E-state index in [0.29, 0.717) is 5.56 Å². The van der Waals surface area contributed by atoms with Crippen molar-refractivity contribution in [2.45, 2.75) is 17.9 Å². The number of nitrogens with one attached hydrogen (secondary N) is 2. The van der Waals surface area contributed by atoms with E-state index in [1.54, 1.807) is 32.2 Å². The number of sulfonamides is 1. The van der Waals surface area contributed by atoms with Crippen molar-refractivity contribution in [3.05, 3.63) is 54.0 Å². The number of rotatable bonds is 5. The molecular formula is C14H16FN3O2S. The molecule has 7 heteroatoms. The maximum Gasteiger partial charge on any atom is 0.244 e. The van der Waals surface area contributed by atoms with Gasteiger partial charge in [-0.3, -0.25) is 0 Å². The smallest absolute Gasteiger partial charge is 0.244 e. The van der Waals surface area contributed by atoms with Gasteiger partial charge in [0.1, 0.15) is 16.5 Å². The molecule has 2 rings (SSSR count). The first-order chi connectivity index (χ1) is 9.94. The molecule has 1 heterocycles. The van der Waals surface area contributed by atoms with Crippen LogP contribution in [0.1, 0.15) is 18.5 Å². The summed E-state index contributed by atoms with van der Waals surface area (Å²) in [4.78, 5) is 4.02. The van der Waals surface area contributed by atoms with E-state index in [1.807, 2.05) is 0 Å². The van der Waals surface area contributed by atoms with Crippen LogP contribution in [0.2, 0.25) is 0 Å². The number of hydrogen-bond acceptors (Lipinski definition) is 4. The van der Waals surface area contributed by atoms with Crippen LogP contribution in [0.5, 0.6) is 0 Å². The molecule has 1 aromatic carbocycles. The van der Waals surface area contributed by atoms with Crippen LogP contribution in [0.4, 0.5) is 10.2 Å². The third-order valence-electron chi connectivity index (χ3n) is 2.98. The zero-order valence-electron chi connectivity index (χ0n) is 11.7. The lowest BCUT2D eigenvalue weighted by molar-refractivity contribution is 0.564. The molecule has 0 spiro atoms. The monoisotopic (exact) mass is 309 g/mol. The zero-order valence-corrected chi connectivity index (χ0v) is 12.5. The van der Waals surface area contributed by atoms with Gasteiger partial charge in [-0.1, -0.05) is 12.1 Å². The van der Waals surface area contributed by atoms with Gasteiger partial charge in [0, 0.05) is 19.3 Å². The molecular weight excluding hydrogens is 293 g/mol. The van der Waals surface area contributed by atoms with Crippen LogP contribution in [0.15, 0.2) is 47.5 Å². The summed E-state index contributed by atoms with van der Waals surface area (Å²) >= 11 is 0. The third-order valence-corrected chi connectivity index (χ3v) is 4.55. The molecule has 1 aromatic heterocycles. The van der Waals surface area contributed by atoms with Crippen LogP contribution in [0.25, 0.3) is 0 Å². The molecule has 0 bridgehead atoms. The maximum atomic E-state index is 13.2. The highest BCUT2D eigenvalue weighted by Crippen LogP contribution is 2.21. The fourth-order valence-electron chi connectivity index (χ4n) is 1.94. The highest BCUT2D eigenvalue weighted by Gasteiger charge is 2.22. The first-order valence-corrected chi connectivity index (χ1v) is 7.83. The van der Waals surface area contributed by atoms with E-state index in [2.05, 4.69) is 15.0 Å². The summed E-state index contributed by atoms with van der Waals surface area (Å²) in [5.41, 5.74) is 0.550. The highest BCUT2D eigenvalue weighted by molar-refractivity contribution is 7.89. The maximum absolute atomic E-state index is 13.2. The summed E-state index contributed by atoms with van der Waals surface area (Å²) in [5, 5.41) is 2.73. The Hall–Kier alpha value is -1.99. The molecule has 5 nitrogen and oxygen atoms in total. The third kappa shape index (κ3) is 3.56. The fourth-order valence-corrected chi connectivity index (χ4v) is 3.33. The molecule has 1 unspecified atom stereocenters. The minimum atomic E-state index is -3.76. The average molecular weight is 309 g/mol. The molecule has 0 fully saturated rings. The molecule has 112 valence electrons. The van der Waals surface area contributed by atoms with E-state index in [4.69, 9.17) is 0 Å². The number of aromatic nitrogens is 1. The Kier molecular flexibility index (Phi) is 4.54. The van der Waals surface area contributed by atoms with Crippen molar-refractivity contribution in [3.63, 3.8) is 0 Å². The Morgan fingerprint density at radius 1 is 1.24 bits per heavy atom. The largest absolute Gasteiger partial charge is 0.372 e. The molecule has 21 heavy (non-hydrogen) atoms. The molecule has 0 aliphatic carbocycles. The van der Waals surface area contributed by atoms with E-state index >= 15 is 0 Å². The average Bonchev–Trinajstić information content (AvgIpc) is 2.46. The number of nitrogens with zero attached hydrogens (tertiary/aromatic N) is 1. The van der Waals surface area contributed by atoms with Gasteiger partial charge in [0.05, 0.1) is 0 Å². The van der Waals surface area contributed by atoms with Gasteiger partial charge in [-0.2, -0.15) is 0 Å². The number of benzene rings is 1. The quantitative estimate of drug-likeness (QED) is 0.889. The molecule has 1 atom stereocenters. The van der Waals surface area contributed by atoms with Gasteiger partial charge >= 0.3 is 0 Å². The molecule has 0 amide bonds. The van der Waals surface area contributed by atoms with Crippen LogP contribution in [-0.4, -0.2) is 20.4 Å². The first kappa shape index (κ1) is 15.4. The van der Waals surface area contributed by atoms with E-state index in [9.17, 15) is 12.8 Å². The fraction of sp³-hybridized carbons (Fsp3) is 0.214. The summed E-state index contributed by atoms with van der Waals surface area (Å²) < 4.78 is 40.5. The van der Waals surface area contributed by atoms with Crippen molar-refractivity contribution in [1.29, 1.82) is 0 Å². The first-order valence-electron chi connectivity index (χ1n) is 6.34. The van der Waals surface area contributed by atoms with Gasteiger partial charge in [-0.05, 0) is 36.8 Å². The molecule has 0 saturated carbocycles. The lowest BCUT2D eigenvalue weighted by Gasteiger charge is -2.16. The minimum Gasteiger partial charge on any atom is -0.372 e. The van der Waals surface area contributed by atoms with Gasteiger partial charge in [0.2, 0.25) is 10.0 Å². The molecule has 2 aromatic rings. The van der Waals surface area contributed by atoms with Crippen molar-refractivity contribution < 1.29 is 12.8 Å². The minimum absolute atomic E-state index is 0.0516. The van der Waals surface area contributed by atoms with E-state index in [1.165, 1.54) is 24.4 Å². The number of hydrogen-bond donors (Lipinski definition) is 2.